The highest BCUT2D eigenvalue weighted by molar-refractivity contribution is 5.79. The maximum atomic E-state index is 12.9. The van der Waals surface area contributed by atoms with Crippen molar-refractivity contribution in [1.82, 2.24) is 5.32 Å². The zero-order valence-corrected chi connectivity index (χ0v) is 16.1. The third-order valence-corrected chi connectivity index (χ3v) is 6.36. The van der Waals surface area contributed by atoms with Gasteiger partial charge in [0.1, 0.15) is 6.61 Å². The summed E-state index contributed by atoms with van der Waals surface area (Å²) in [4.78, 5) is 12.5. The molecule has 0 spiro atoms. The summed E-state index contributed by atoms with van der Waals surface area (Å²) in [5, 5.41) is 12.6. The minimum absolute atomic E-state index is 0.0483. The molecule has 2 aliphatic carbocycles. The first-order chi connectivity index (χ1) is 14.0. The lowest BCUT2D eigenvalue weighted by Gasteiger charge is -2.39. The molecule has 29 heavy (non-hydrogen) atoms. The molecule has 0 saturated heterocycles. The number of alkyl carbamates (subject to hydrolysis) is 1. The highest BCUT2D eigenvalue weighted by atomic mass is 19.3. The van der Waals surface area contributed by atoms with Crippen molar-refractivity contribution >= 4 is 6.09 Å². The van der Waals surface area contributed by atoms with Gasteiger partial charge < -0.3 is 15.2 Å². The van der Waals surface area contributed by atoms with Crippen LogP contribution in [-0.2, 0) is 4.74 Å². The van der Waals surface area contributed by atoms with Crippen LogP contribution < -0.4 is 5.32 Å². The van der Waals surface area contributed by atoms with E-state index in [0.29, 0.717) is 12.8 Å². The van der Waals surface area contributed by atoms with Gasteiger partial charge in [-0.1, -0.05) is 48.5 Å². The van der Waals surface area contributed by atoms with Gasteiger partial charge in [0.15, 0.2) is 0 Å². The maximum Gasteiger partial charge on any atom is 0.407 e. The monoisotopic (exact) mass is 401 g/mol. The van der Waals surface area contributed by atoms with Crippen molar-refractivity contribution in [2.75, 3.05) is 13.2 Å². The fourth-order valence-corrected chi connectivity index (χ4v) is 4.62. The predicted octanol–water partition coefficient (Wildman–Crippen LogP) is 4.71. The number of ether oxygens (including phenoxy) is 1. The summed E-state index contributed by atoms with van der Waals surface area (Å²) < 4.78 is 31.3. The van der Waals surface area contributed by atoms with Crippen molar-refractivity contribution in [3.05, 3.63) is 59.7 Å². The van der Waals surface area contributed by atoms with Crippen molar-refractivity contribution in [1.29, 1.82) is 0 Å². The van der Waals surface area contributed by atoms with Crippen LogP contribution in [0.5, 0.6) is 0 Å². The molecule has 154 valence electrons. The Morgan fingerprint density at radius 1 is 1.07 bits per heavy atom. The van der Waals surface area contributed by atoms with E-state index in [1.165, 1.54) is 0 Å². The molecule has 0 radical (unpaired) electrons. The maximum absolute atomic E-state index is 12.9. The molecule has 1 fully saturated rings. The van der Waals surface area contributed by atoms with E-state index in [2.05, 4.69) is 17.4 Å². The number of rotatable bonds is 5. The number of halogens is 2. The van der Waals surface area contributed by atoms with Crippen LogP contribution in [0.2, 0.25) is 0 Å². The molecule has 2 aromatic carbocycles. The lowest BCUT2D eigenvalue weighted by molar-refractivity contribution is 0.0201. The number of aliphatic hydroxyl groups is 1. The number of amides is 1. The van der Waals surface area contributed by atoms with Crippen LogP contribution in [0, 0.1) is 5.92 Å². The Labute approximate surface area is 168 Å². The molecule has 0 heterocycles. The largest absolute Gasteiger partial charge is 0.449 e. The highest BCUT2D eigenvalue weighted by Crippen LogP contribution is 2.44. The first-order valence-electron chi connectivity index (χ1n) is 10.1. The number of aliphatic hydroxyl groups excluding tert-OH is 1. The van der Waals surface area contributed by atoms with E-state index in [1.54, 1.807) is 0 Å². The average molecular weight is 401 g/mol. The van der Waals surface area contributed by atoms with Crippen LogP contribution in [-0.4, -0.2) is 36.4 Å². The number of benzene rings is 2. The number of carbonyl (C=O) groups is 1. The average Bonchev–Trinajstić information content (AvgIpc) is 3.06. The van der Waals surface area contributed by atoms with E-state index in [4.69, 9.17) is 4.74 Å². The summed E-state index contributed by atoms with van der Waals surface area (Å²) in [6.45, 7) is -0.103. The normalized spacial score (nSPS) is 23.5. The van der Waals surface area contributed by atoms with E-state index in [1.807, 2.05) is 36.4 Å². The Kier molecular flexibility index (Phi) is 5.54. The first kappa shape index (κ1) is 19.8. The number of nitrogens with one attached hydrogen (secondary N) is 1. The lowest BCUT2D eigenvalue weighted by Crippen LogP contribution is -2.54. The Morgan fingerprint density at radius 2 is 1.62 bits per heavy atom. The quantitative estimate of drug-likeness (QED) is 0.763. The standard InChI is InChI=1S/C23H25F2NO3/c24-21(25)15-9-11-23(14-27,12-10-15)26-22(28)29-13-20-18-7-3-1-5-16(18)17-6-2-4-8-19(17)20/h1-8,15,20-21,27H,9-14H2,(H,26,28). The highest BCUT2D eigenvalue weighted by Gasteiger charge is 2.39. The molecule has 2 aliphatic rings. The van der Waals surface area contributed by atoms with Crippen LogP contribution >= 0.6 is 0 Å². The van der Waals surface area contributed by atoms with Gasteiger partial charge in [0.25, 0.3) is 0 Å². The van der Waals surface area contributed by atoms with Crippen LogP contribution in [0.3, 0.4) is 0 Å². The van der Waals surface area contributed by atoms with Crippen LogP contribution in [0.1, 0.15) is 42.7 Å². The Hall–Kier alpha value is -2.47. The number of fused-ring (bicyclic) bond motifs is 3. The van der Waals surface area contributed by atoms with Gasteiger partial charge in [0, 0.05) is 11.8 Å². The fourth-order valence-electron chi connectivity index (χ4n) is 4.62. The molecule has 0 aromatic heterocycles. The summed E-state index contributed by atoms with van der Waals surface area (Å²) in [5.74, 6) is -0.716. The fraction of sp³-hybridized carbons (Fsp3) is 0.435. The second-order valence-corrected chi connectivity index (χ2v) is 8.06. The zero-order chi connectivity index (χ0) is 20.4. The zero-order valence-electron chi connectivity index (χ0n) is 16.1. The van der Waals surface area contributed by atoms with Crippen LogP contribution in [0.25, 0.3) is 11.1 Å². The molecule has 2 aromatic rings. The smallest absolute Gasteiger partial charge is 0.407 e. The van der Waals surface area contributed by atoms with E-state index in [0.717, 1.165) is 22.3 Å². The second kappa shape index (κ2) is 8.11. The molecule has 4 rings (SSSR count). The second-order valence-electron chi connectivity index (χ2n) is 8.06. The van der Waals surface area contributed by atoms with Crippen LogP contribution in [0.4, 0.5) is 13.6 Å². The Bertz CT molecular complexity index is 832. The summed E-state index contributed by atoms with van der Waals surface area (Å²) in [5.41, 5.74) is 3.66. The Balaban J connectivity index is 1.41. The lowest BCUT2D eigenvalue weighted by atomic mass is 9.77. The topological polar surface area (TPSA) is 58.6 Å². The minimum atomic E-state index is -2.36. The third-order valence-electron chi connectivity index (χ3n) is 6.36. The van der Waals surface area contributed by atoms with Gasteiger partial charge in [-0.3, -0.25) is 0 Å². The molecule has 6 heteroatoms. The van der Waals surface area contributed by atoms with Crippen LogP contribution in [0.15, 0.2) is 48.5 Å². The number of hydrogen-bond acceptors (Lipinski definition) is 3. The van der Waals surface area contributed by atoms with Crippen molar-refractivity contribution < 1.29 is 23.4 Å². The molecule has 4 nitrogen and oxygen atoms in total. The molecule has 1 amide bonds. The summed E-state index contributed by atoms with van der Waals surface area (Å²) in [7, 11) is 0. The van der Waals surface area contributed by atoms with Crippen molar-refractivity contribution in [2.45, 2.75) is 43.6 Å². The molecule has 0 atom stereocenters. The minimum Gasteiger partial charge on any atom is -0.449 e. The van der Waals surface area contributed by atoms with Gasteiger partial charge in [0.05, 0.1) is 12.1 Å². The van der Waals surface area contributed by atoms with E-state index in [9.17, 15) is 18.7 Å². The number of hydrogen-bond donors (Lipinski definition) is 2. The molecular weight excluding hydrogens is 376 g/mol. The number of carbonyl (C=O) groups excluding carboxylic acids is 1. The van der Waals surface area contributed by atoms with E-state index in [-0.39, 0.29) is 32.0 Å². The van der Waals surface area contributed by atoms with Gasteiger partial charge in [0.2, 0.25) is 6.43 Å². The van der Waals surface area contributed by atoms with E-state index < -0.39 is 24.0 Å². The summed E-state index contributed by atoms with van der Waals surface area (Å²) in [6, 6.07) is 16.1. The van der Waals surface area contributed by atoms with Gasteiger partial charge in [-0.25, -0.2) is 13.6 Å². The first-order valence-corrected chi connectivity index (χ1v) is 10.1. The van der Waals surface area contributed by atoms with Crippen molar-refractivity contribution in [3.8, 4) is 11.1 Å². The van der Waals surface area contributed by atoms with E-state index >= 15 is 0 Å². The molecule has 1 saturated carbocycles. The van der Waals surface area contributed by atoms with Crippen molar-refractivity contribution in [3.63, 3.8) is 0 Å². The summed E-state index contributed by atoms with van der Waals surface area (Å²) >= 11 is 0. The molecule has 0 bridgehead atoms. The molecule has 2 N–H and O–H groups in total. The summed E-state index contributed by atoms with van der Waals surface area (Å²) in [6.07, 6.45) is -1.77. The molecule has 0 aliphatic heterocycles. The van der Waals surface area contributed by atoms with Gasteiger partial charge in [-0.15, -0.1) is 0 Å². The predicted molar refractivity (Wildman–Crippen MR) is 106 cm³/mol. The van der Waals surface area contributed by atoms with Gasteiger partial charge in [-0.2, -0.15) is 0 Å². The van der Waals surface area contributed by atoms with Gasteiger partial charge in [-0.05, 0) is 47.9 Å². The number of alkyl halides is 2. The van der Waals surface area contributed by atoms with Gasteiger partial charge >= 0.3 is 6.09 Å². The molecular formula is C23H25F2NO3. The SMILES string of the molecule is O=C(NC1(CO)CCC(C(F)F)CC1)OCC1c2ccccc2-c2ccccc21. The molecule has 0 unspecified atom stereocenters. The third kappa shape index (κ3) is 3.86. The Morgan fingerprint density at radius 3 is 2.14 bits per heavy atom. The van der Waals surface area contributed by atoms with Crippen molar-refractivity contribution in [2.24, 2.45) is 5.92 Å².